The second-order valence-corrected chi connectivity index (χ2v) is 4.88. The number of thiocarbonyl (C=S) groups is 1. The van der Waals surface area contributed by atoms with Crippen molar-refractivity contribution in [3.05, 3.63) is 0 Å². The Morgan fingerprint density at radius 3 is 2.60 bits per heavy atom. The third-order valence-corrected chi connectivity index (χ3v) is 3.11. The zero-order valence-corrected chi connectivity index (χ0v) is 10.3. The molecule has 2 N–H and O–H groups in total. The smallest absolute Gasteiger partial charge is 0.232 e. The lowest BCUT2D eigenvalue weighted by molar-refractivity contribution is -0.132. The summed E-state index contributed by atoms with van der Waals surface area (Å²) in [6.07, 6.45) is 4.21. The van der Waals surface area contributed by atoms with Crippen LogP contribution in [0.1, 0.15) is 32.6 Å². The molecular formula is C11H20N2OS. The molecule has 1 unspecified atom stereocenters. The summed E-state index contributed by atoms with van der Waals surface area (Å²) >= 11 is 4.94. The normalized spacial score (nSPS) is 17.2. The first-order chi connectivity index (χ1) is 7.06. The van der Waals surface area contributed by atoms with Crippen LogP contribution in [-0.4, -0.2) is 29.4 Å². The number of hydrogen-bond donors (Lipinski definition) is 1. The molecule has 1 rings (SSSR count). The van der Waals surface area contributed by atoms with Gasteiger partial charge in [0.2, 0.25) is 5.91 Å². The molecule has 86 valence electrons. The summed E-state index contributed by atoms with van der Waals surface area (Å²) in [7, 11) is 1.85. The molecule has 4 heteroatoms. The number of hydrogen-bond acceptors (Lipinski definition) is 2. The van der Waals surface area contributed by atoms with Gasteiger partial charge in [-0.2, -0.15) is 0 Å². The van der Waals surface area contributed by atoms with E-state index in [-0.39, 0.29) is 11.8 Å². The molecule has 1 aliphatic rings. The van der Waals surface area contributed by atoms with Crippen molar-refractivity contribution in [3.8, 4) is 0 Å². The molecule has 3 nitrogen and oxygen atoms in total. The molecule has 0 spiro atoms. The summed E-state index contributed by atoms with van der Waals surface area (Å²) in [5, 5.41) is 0. The lowest BCUT2D eigenvalue weighted by Gasteiger charge is -2.22. The quantitative estimate of drug-likeness (QED) is 0.702. The van der Waals surface area contributed by atoms with Gasteiger partial charge in [-0.1, -0.05) is 25.6 Å². The van der Waals surface area contributed by atoms with E-state index in [0.717, 1.165) is 19.4 Å². The van der Waals surface area contributed by atoms with Crippen LogP contribution in [0.25, 0.3) is 0 Å². The van der Waals surface area contributed by atoms with Gasteiger partial charge >= 0.3 is 0 Å². The van der Waals surface area contributed by atoms with E-state index in [9.17, 15) is 4.79 Å². The van der Waals surface area contributed by atoms with Crippen molar-refractivity contribution in [3.63, 3.8) is 0 Å². The molecule has 0 radical (unpaired) electrons. The molecule has 1 aliphatic carbocycles. The minimum Gasteiger partial charge on any atom is -0.393 e. The molecular weight excluding hydrogens is 208 g/mol. The van der Waals surface area contributed by atoms with E-state index in [0.29, 0.717) is 10.9 Å². The Labute approximate surface area is 97.0 Å². The fourth-order valence-corrected chi connectivity index (χ4v) is 1.94. The highest BCUT2D eigenvalue weighted by Gasteiger charge is 2.29. The monoisotopic (exact) mass is 228 g/mol. The van der Waals surface area contributed by atoms with E-state index in [1.54, 1.807) is 4.90 Å². The maximum Gasteiger partial charge on any atom is 0.232 e. The number of rotatable bonds is 6. The van der Waals surface area contributed by atoms with Crippen molar-refractivity contribution < 1.29 is 4.79 Å². The van der Waals surface area contributed by atoms with Crippen LogP contribution in [0.4, 0.5) is 0 Å². The molecule has 0 aromatic heterocycles. The van der Waals surface area contributed by atoms with Gasteiger partial charge in [0.05, 0.1) is 10.9 Å². The SMILES string of the molecule is CCCC(C(=O)N(C)CC1CC1)C(N)=S. The van der Waals surface area contributed by atoms with Crippen molar-refractivity contribution in [1.29, 1.82) is 0 Å². The Balaban J connectivity index is 2.48. The molecule has 1 atom stereocenters. The summed E-state index contributed by atoms with van der Waals surface area (Å²) in [5.41, 5.74) is 5.59. The zero-order valence-electron chi connectivity index (χ0n) is 9.53. The molecule has 0 aliphatic heterocycles. The number of carbonyl (C=O) groups excluding carboxylic acids is 1. The number of amides is 1. The van der Waals surface area contributed by atoms with E-state index >= 15 is 0 Å². The van der Waals surface area contributed by atoms with Crippen molar-refractivity contribution in [2.24, 2.45) is 17.6 Å². The van der Waals surface area contributed by atoms with Crippen LogP contribution >= 0.6 is 12.2 Å². The van der Waals surface area contributed by atoms with Gasteiger partial charge in [-0.25, -0.2) is 0 Å². The van der Waals surface area contributed by atoms with Crippen molar-refractivity contribution in [2.75, 3.05) is 13.6 Å². The van der Waals surface area contributed by atoms with Gasteiger partial charge in [-0.3, -0.25) is 4.79 Å². The van der Waals surface area contributed by atoms with Crippen molar-refractivity contribution in [1.82, 2.24) is 4.90 Å². The molecule has 0 aromatic carbocycles. The first-order valence-electron chi connectivity index (χ1n) is 5.60. The molecule has 0 aromatic rings. The van der Waals surface area contributed by atoms with Crippen LogP contribution in [0.5, 0.6) is 0 Å². The molecule has 15 heavy (non-hydrogen) atoms. The fourth-order valence-electron chi connectivity index (χ4n) is 1.72. The number of nitrogens with two attached hydrogens (primary N) is 1. The average Bonchev–Trinajstić information content (AvgIpc) is 2.96. The van der Waals surface area contributed by atoms with E-state index in [4.69, 9.17) is 18.0 Å². The molecule has 1 saturated carbocycles. The Bertz CT molecular complexity index is 251. The molecule has 0 heterocycles. The van der Waals surface area contributed by atoms with Crippen LogP contribution in [0, 0.1) is 11.8 Å². The van der Waals surface area contributed by atoms with Crippen LogP contribution in [0.3, 0.4) is 0 Å². The van der Waals surface area contributed by atoms with Gasteiger partial charge in [0, 0.05) is 13.6 Å². The van der Waals surface area contributed by atoms with E-state index in [2.05, 4.69) is 0 Å². The van der Waals surface area contributed by atoms with Gasteiger partial charge in [-0.05, 0) is 25.2 Å². The highest BCUT2D eigenvalue weighted by atomic mass is 32.1. The molecule has 1 amide bonds. The topological polar surface area (TPSA) is 46.3 Å². The first kappa shape index (κ1) is 12.4. The third-order valence-electron chi connectivity index (χ3n) is 2.82. The minimum atomic E-state index is -0.256. The minimum absolute atomic E-state index is 0.0938. The summed E-state index contributed by atoms with van der Waals surface area (Å²) < 4.78 is 0. The maximum atomic E-state index is 12.0. The average molecular weight is 228 g/mol. The van der Waals surface area contributed by atoms with Crippen LogP contribution in [0.15, 0.2) is 0 Å². The first-order valence-corrected chi connectivity index (χ1v) is 6.01. The number of carbonyl (C=O) groups is 1. The third kappa shape index (κ3) is 3.78. The molecule has 0 bridgehead atoms. The lowest BCUT2D eigenvalue weighted by atomic mass is 10.0. The molecule has 1 fully saturated rings. The van der Waals surface area contributed by atoms with E-state index < -0.39 is 0 Å². The van der Waals surface area contributed by atoms with Crippen molar-refractivity contribution in [2.45, 2.75) is 32.6 Å². The summed E-state index contributed by atoms with van der Waals surface area (Å²) in [6.45, 7) is 2.90. The van der Waals surface area contributed by atoms with Gasteiger partial charge in [0.1, 0.15) is 0 Å². The van der Waals surface area contributed by atoms with Crippen molar-refractivity contribution >= 4 is 23.1 Å². The highest BCUT2D eigenvalue weighted by molar-refractivity contribution is 7.80. The van der Waals surface area contributed by atoms with Gasteiger partial charge in [0.25, 0.3) is 0 Å². The summed E-state index contributed by atoms with van der Waals surface area (Å²) in [4.78, 5) is 14.1. The fraction of sp³-hybridized carbons (Fsp3) is 0.818. The predicted octanol–water partition coefficient (Wildman–Crippen LogP) is 1.56. The summed E-state index contributed by atoms with van der Waals surface area (Å²) in [5.74, 6) is 0.553. The predicted molar refractivity (Wildman–Crippen MR) is 65.5 cm³/mol. The second-order valence-electron chi connectivity index (χ2n) is 4.41. The standard InChI is InChI=1S/C11H20N2OS/c1-3-4-9(10(12)15)11(14)13(2)7-8-5-6-8/h8-9H,3-7H2,1-2H3,(H2,12,15). The number of nitrogens with zero attached hydrogens (tertiary/aromatic N) is 1. The van der Waals surface area contributed by atoms with Gasteiger partial charge in [-0.15, -0.1) is 0 Å². The summed E-state index contributed by atoms with van der Waals surface area (Å²) in [6, 6.07) is 0. The highest BCUT2D eigenvalue weighted by Crippen LogP contribution is 2.29. The lowest BCUT2D eigenvalue weighted by Crippen LogP contribution is -2.40. The molecule has 0 saturated heterocycles. The Morgan fingerprint density at radius 1 is 1.60 bits per heavy atom. The van der Waals surface area contributed by atoms with Gasteiger partial charge in [0.15, 0.2) is 0 Å². The zero-order chi connectivity index (χ0) is 11.4. The van der Waals surface area contributed by atoms with E-state index in [1.807, 2.05) is 14.0 Å². The van der Waals surface area contributed by atoms with E-state index in [1.165, 1.54) is 12.8 Å². The maximum absolute atomic E-state index is 12.0. The van der Waals surface area contributed by atoms with Gasteiger partial charge < -0.3 is 10.6 Å². The van der Waals surface area contributed by atoms with Crippen LogP contribution in [-0.2, 0) is 4.79 Å². The Hall–Kier alpha value is -0.640. The second kappa shape index (κ2) is 5.45. The van der Waals surface area contributed by atoms with Crippen LogP contribution in [0.2, 0.25) is 0 Å². The largest absolute Gasteiger partial charge is 0.393 e. The Kier molecular flexibility index (Phi) is 4.51. The Morgan fingerprint density at radius 2 is 2.20 bits per heavy atom. The van der Waals surface area contributed by atoms with Crippen LogP contribution < -0.4 is 5.73 Å².